The molecule has 0 bridgehead atoms. The highest BCUT2D eigenvalue weighted by Crippen LogP contribution is 2.36. The van der Waals surface area contributed by atoms with Crippen molar-refractivity contribution in [1.82, 2.24) is 9.55 Å². The Balaban J connectivity index is 0.000000659. The lowest BCUT2D eigenvalue weighted by molar-refractivity contribution is 0.544. The smallest absolute Gasteiger partial charge is 0.105 e. The first-order valence-electron chi connectivity index (χ1n) is 7.29. The molecule has 18 heavy (non-hydrogen) atoms. The summed E-state index contributed by atoms with van der Waals surface area (Å²) in [6.45, 7) is 12.2. The molecule has 1 unspecified atom stereocenters. The van der Waals surface area contributed by atoms with Gasteiger partial charge < -0.3 is 4.57 Å². The number of aryl methyl sites for hydroxylation is 1. The van der Waals surface area contributed by atoms with Crippen LogP contribution >= 0.6 is 0 Å². The van der Waals surface area contributed by atoms with E-state index in [4.69, 9.17) is 7.85 Å². The molecule has 0 amide bonds. The minimum absolute atomic E-state index is 0.0634. The Bertz CT molecular complexity index is 354. The Morgan fingerprint density at radius 3 is 2.33 bits per heavy atom. The molecule has 2 radical (unpaired) electrons. The largest absolute Gasteiger partial charge is 0.335 e. The third kappa shape index (κ3) is 4.18. The summed E-state index contributed by atoms with van der Waals surface area (Å²) in [5.74, 6) is 1.10. The number of aromatic nitrogens is 2. The van der Waals surface area contributed by atoms with Gasteiger partial charge in [-0.15, -0.1) is 0 Å². The highest BCUT2D eigenvalue weighted by molar-refractivity contribution is 6.15. The molecule has 2 rings (SSSR count). The minimum Gasteiger partial charge on any atom is -0.335 e. The molecule has 0 fully saturated rings. The molecule has 1 aromatic rings. The van der Waals surface area contributed by atoms with Gasteiger partial charge >= 0.3 is 0 Å². The highest BCUT2D eigenvalue weighted by atomic mass is 15.1. The molecule has 1 atom stereocenters. The fourth-order valence-electron chi connectivity index (χ4n) is 2.31. The first-order chi connectivity index (χ1) is 8.49. The summed E-state index contributed by atoms with van der Waals surface area (Å²) >= 11 is 0. The predicted molar refractivity (Wildman–Crippen MR) is 81.4 cm³/mol. The van der Waals surface area contributed by atoms with E-state index >= 15 is 0 Å². The molecule has 0 aliphatic heterocycles. The van der Waals surface area contributed by atoms with Gasteiger partial charge in [-0.3, -0.25) is 0 Å². The van der Waals surface area contributed by atoms with Crippen molar-refractivity contribution in [3.63, 3.8) is 0 Å². The van der Waals surface area contributed by atoms with Gasteiger partial charge in [-0.2, -0.15) is 0 Å². The lowest BCUT2D eigenvalue weighted by Crippen LogP contribution is -2.10. The fraction of sp³-hybridized carbons (Fsp3) is 0.800. The van der Waals surface area contributed by atoms with Crippen LogP contribution in [0.3, 0.4) is 0 Å². The van der Waals surface area contributed by atoms with Crippen molar-refractivity contribution in [2.75, 3.05) is 0 Å². The molecule has 1 aliphatic carbocycles. The van der Waals surface area contributed by atoms with Crippen LogP contribution in [-0.4, -0.2) is 17.4 Å². The highest BCUT2D eigenvalue weighted by Gasteiger charge is 2.25. The topological polar surface area (TPSA) is 17.8 Å². The van der Waals surface area contributed by atoms with Gasteiger partial charge in [-0.1, -0.05) is 46.4 Å². The molecule has 1 aromatic heterocycles. The molecule has 0 saturated carbocycles. The number of rotatable bonds is 0. The van der Waals surface area contributed by atoms with Crippen LogP contribution in [0.5, 0.6) is 0 Å². The van der Waals surface area contributed by atoms with Crippen LogP contribution in [0.25, 0.3) is 0 Å². The maximum absolute atomic E-state index is 6.20. The van der Waals surface area contributed by atoms with Crippen LogP contribution in [0.1, 0.15) is 64.7 Å². The van der Waals surface area contributed by atoms with Crippen molar-refractivity contribution in [1.29, 1.82) is 0 Å². The molecule has 1 aliphatic rings. The van der Waals surface area contributed by atoms with E-state index in [2.05, 4.69) is 30.4 Å². The Morgan fingerprint density at radius 2 is 1.78 bits per heavy atom. The third-order valence-electron chi connectivity index (χ3n) is 3.25. The molecule has 102 valence electrons. The van der Waals surface area contributed by atoms with E-state index in [1.54, 1.807) is 0 Å². The van der Waals surface area contributed by atoms with Gasteiger partial charge in [0.15, 0.2) is 0 Å². The van der Waals surface area contributed by atoms with Gasteiger partial charge in [-0.05, 0) is 26.2 Å². The van der Waals surface area contributed by atoms with Crippen LogP contribution in [0.2, 0.25) is 5.31 Å². The van der Waals surface area contributed by atoms with Gasteiger partial charge in [0.25, 0.3) is 0 Å². The summed E-state index contributed by atoms with van der Waals surface area (Å²) in [6, 6.07) is 0. The van der Waals surface area contributed by atoms with Crippen molar-refractivity contribution in [3.8, 4) is 0 Å². The van der Waals surface area contributed by atoms with Crippen molar-refractivity contribution >= 4 is 7.85 Å². The summed E-state index contributed by atoms with van der Waals surface area (Å²) in [7, 11) is 8.30. The first-order valence-corrected chi connectivity index (χ1v) is 7.29. The van der Waals surface area contributed by atoms with E-state index in [-0.39, 0.29) is 5.31 Å². The quantitative estimate of drug-likeness (QED) is 0.501. The summed E-state index contributed by atoms with van der Waals surface area (Å²) in [5.41, 5.74) is 2.60. The summed E-state index contributed by atoms with van der Waals surface area (Å²) in [6.07, 6.45) is 4.32. The van der Waals surface area contributed by atoms with Gasteiger partial charge in [0.05, 0.1) is 13.5 Å². The third-order valence-corrected chi connectivity index (χ3v) is 3.25. The van der Waals surface area contributed by atoms with Crippen molar-refractivity contribution < 1.29 is 0 Å². The molecule has 2 nitrogen and oxygen atoms in total. The maximum atomic E-state index is 6.20. The molecule has 3 heteroatoms. The van der Waals surface area contributed by atoms with E-state index in [9.17, 15) is 0 Å². The zero-order valence-corrected chi connectivity index (χ0v) is 13.3. The van der Waals surface area contributed by atoms with E-state index in [0.29, 0.717) is 0 Å². The van der Waals surface area contributed by atoms with Crippen LogP contribution in [-0.2, 0) is 19.9 Å². The average molecular weight is 248 g/mol. The van der Waals surface area contributed by atoms with E-state index in [0.717, 1.165) is 25.1 Å². The fourth-order valence-corrected chi connectivity index (χ4v) is 2.31. The minimum atomic E-state index is -0.0634. The molecule has 0 aromatic carbocycles. The van der Waals surface area contributed by atoms with Crippen molar-refractivity contribution in [2.24, 2.45) is 7.05 Å². The summed E-state index contributed by atoms with van der Waals surface area (Å²) in [5, 5.41) is -0.0634. The van der Waals surface area contributed by atoms with Crippen molar-refractivity contribution in [3.05, 3.63) is 17.2 Å². The summed E-state index contributed by atoms with van der Waals surface area (Å²) in [4.78, 5) is 4.59. The van der Waals surface area contributed by atoms with Crippen LogP contribution < -0.4 is 0 Å². The Labute approximate surface area is 115 Å². The van der Waals surface area contributed by atoms with E-state index in [1.807, 2.05) is 27.7 Å². The average Bonchev–Trinajstić information content (AvgIpc) is 2.53. The monoisotopic (exact) mass is 248 g/mol. The second-order valence-corrected chi connectivity index (χ2v) is 4.80. The van der Waals surface area contributed by atoms with E-state index in [1.165, 1.54) is 17.8 Å². The number of hydrogen-bond donors (Lipinski definition) is 0. The normalized spacial score (nSPS) is 21.7. The van der Waals surface area contributed by atoms with Crippen LogP contribution in [0, 0.1) is 6.92 Å². The molecular weight excluding hydrogens is 219 g/mol. The number of fused-ring (bicyclic) bond motifs is 1. The Morgan fingerprint density at radius 1 is 1.22 bits per heavy atom. The lowest BCUT2D eigenvalue weighted by Gasteiger charge is -2.21. The second-order valence-electron chi connectivity index (χ2n) is 4.80. The van der Waals surface area contributed by atoms with Crippen LogP contribution in [0.4, 0.5) is 0 Å². The molecule has 1 heterocycles. The molecule has 0 N–H and O–H groups in total. The number of hydrogen-bond acceptors (Lipinski definition) is 1. The Hall–Kier alpha value is -0.725. The van der Waals surface area contributed by atoms with Gasteiger partial charge in [-0.25, -0.2) is 4.98 Å². The zero-order valence-electron chi connectivity index (χ0n) is 13.3. The summed E-state index contributed by atoms with van der Waals surface area (Å²) < 4.78 is 2.21. The van der Waals surface area contributed by atoms with E-state index < -0.39 is 0 Å². The number of nitrogens with zero attached hydrogens (tertiary/aromatic N) is 2. The second kappa shape index (κ2) is 7.65. The molecular formula is C15H29BN2. The van der Waals surface area contributed by atoms with Gasteiger partial charge in [0, 0.05) is 12.7 Å². The molecule has 0 saturated heterocycles. The lowest BCUT2D eigenvalue weighted by atomic mass is 9.65. The maximum Gasteiger partial charge on any atom is 0.105 e. The standard InChI is InChI=1S/C11H17BN2.2C2H6/c1-8-13-9-7-11(2,12)6-4-5-10(9)14(8)3;2*1-2/h4-7H2,1-3H3;2*1-2H3. The predicted octanol–water partition coefficient (Wildman–Crippen LogP) is 4.01. The first kappa shape index (κ1) is 17.3. The van der Waals surface area contributed by atoms with Gasteiger partial charge in [0.1, 0.15) is 5.82 Å². The van der Waals surface area contributed by atoms with Crippen LogP contribution in [0.15, 0.2) is 0 Å². The number of imidazole rings is 1. The van der Waals surface area contributed by atoms with Gasteiger partial charge in [0.2, 0.25) is 0 Å². The SMILES string of the molecule is CC.CC.[B]C1(C)CCCc2c(nc(C)n2C)C1. The Kier molecular flexibility index (Phi) is 7.34. The van der Waals surface area contributed by atoms with Crippen molar-refractivity contribution in [2.45, 2.75) is 72.5 Å². The molecule has 0 spiro atoms. The zero-order chi connectivity index (χ0) is 14.3.